The lowest BCUT2D eigenvalue weighted by Crippen LogP contribution is -2.23. The summed E-state index contributed by atoms with van der Waals surface area (Å²) in [5.41, 5.74) is 5.30. The van der Waals surface area contributed by atoms with Gasteiger partial charge in [-0.3, -0.25) is 9.59 Å². The monoisotopic (exact) mass is 472 g/mol. The van der Waals surface area contributed by atoms with Crippen LogP contribution >= 0.6 is 11.3 Å². The number of rotatable bonds is 7. The molecule has 0 unspecified atom stereocenters. The first-order valence-corrected chi connectivity index (χ1v) is 12.2. The number of hydrogen-bond donors (Lipinski definition) is 0. The van der Waals surface area contributed by atoms with Crippen molar-refractivity contribution in [3.8, 4) is 0 Å². The van der Waals surface area contributed by atoms with Crippen LogP contribution in [0.25, 0.3) is 10.2 Å². The summed E-state index contributed by atoms with van der Waals surface area (Å²) in [4.78, 5) is 30.6. The third-order valence-corrected chi connectivity index (χ3v) is 6.93. The first-order chi connectivity index (χ1) is 16.5. The highest BCUT2D eigenvalue weighted by Crippen LogP contribution is 2.28. The number of carbonyl (C=O) groups is 2. The van der Waals surface area contributed by atoms with Crippen LogP contribution in [0.4, 0.5) is 0 Å². The minimum Gasteiger partial charge on any atom is -0.465 e. The van der Waals surface area contributed by atoms with Gasteiger partial charge in [0.25, 0.3) is 0 Å². The largest absolute Gasteiger partial charge is 0.465 e. The number of benzene rings is 3. The van der Waals surface area contributed by atoms with E-state index in [0.717, 1.165) is 32.5 Å². The molecule has 0 atom stereocenters. The molecule has 0 aliphatic rings. The lowest BCUT2D eigenvalue weighted by atomic mass is 9.88. The quantitative estimate of drug-likeness (QED) is 0.332. The Kier molecular flexibility index (Phi) is 7.38. The number of nitrogens with zero attached hydrogens (tertiary/aromatic N) is 2. The second-order valence-electron chi connectivity index (χ2n) is 8.26. The number of ether oxygens (including phenoxy) is 1. The van der Waals surface area contributed by atoms with Crippen LogP contribution in [-0.2, 0) is 20.9 Å². The summed E-state index contributed by atoms with van der Waals surface area (Å²) in [5, 5.41) is 0. The first-order valence-electron chi connectivity index (χ1n) is 11.4. The van der Waals surface area contributed by atoms with Gasteiger partial charge in [0, 0.05) is 12.3 Å². The number of aromatic nitrogens is 1. The Hall–Kier alpha value is -3.51. The van der Waals surface area contributed by atoms with E-state index < -0.39 is 0 Å². The minimum absolute atomic E-state index is 0.0171. The average Bonchev–Trinajstić information content (AvgIpc) is 3.14. The summed E-state index contributed by atoms with van der Waals surface area (Å²) < 4.78 is 7.96. The Bertz CT molecular complexity index is 1330. The Morgan fingerprint density at radius 3 is 2.12 bits per heavy atom. The summed E-state index contributed by atoms with van der Waals surface area (Å²) in [6, 6.07) is 24.1. The molecule has 0 saturated heterocycles. The van der Waals surface area contributed by atoms with Crippen molar-refractivity contribution in [1.82, 2.24) is 4.57 Å². The maximum atomic E-state index is 13.3. The Labute approximate surface area is 203 Å². The molecule has 0 spiro atoms. The lowest BCUT2D eigenvalue weighted by Gasteiger charge is -2.16. The van der Waals surface area contributed by atoms with Gasteiger partial charge >= 0.3 is 5.97 Å². The zero-order valence-electron chi connectivity index (χ0n) is 19.7. The van der Waals surface area contributed by atoms with Gasteiger partial charge < -0.3 is 9.30 Å². The van der Waals surface area contributed by atoms with Gasteiger partial charge in [-0.1, -0.05) is 72.0 Å². The molecule has 0 aliphatic heterocycles. The summed E-state index contributed by atoms with van der Waals surface area (Å²) in [6.07, 6.45) is 0.236. The highest BCUT2D eigenvalue weighted by atomic mass is 32.1. The highest BCUT2D eigenvalue weighted by Gasteiger charge is 2.19. The van der Waals surface area contributed by atoms with Crippen LogP contribution in [-0.4, -0.2) is 23.1 Å². The van der Waals surface area contributed by atoms with Gasteiger partial charge in [0.1, 0.15) is 6.54 Å². The van der Waals surface area contributed by atoms with Crippen molar-refractivity contribution in [3.63, 3.8) is 0 Å². The third-order valence-electron chi connectivity index (χ3n) is 5.89. The standard InChI is InChI=1S/C28H28N2O3S/c1-4-33-27(32)18-30-24-15-19(2)20(3)16-25(24)34-28(30)29-26(31)17-23(21-11-7-5-8-12-21)22-13-9-6-10-14-22/h5-16,23H,4,17-18H2,1-3H3. The Balaban J connectivity index is 1.74. The number of fused-ring (bicyclic) bond motifs is 1. The molecule has 1 heterocycles. The van der Waals surface area contributed by atoms with Crippen molar-refractivity contribution >= 4 is 33.4 Å². The van der Waals surface area contributed by atoms with Crippen molar-refractivity contribution in [2.45, 2.75) is 39.7 Å². The van der Waals surface area contributed by atoms with E-state index >= 15 is 0 Å². The predicted molar refractivity (Wildman–Crippen MR) is 136 cm³/mol. The SMILES string of the molecule is CCOC(=O)Cn1c(=NC(=O)CC(c2ccccc2)c2ccccc2)sc2cc(C)c(C)cc21. The lowest BCUT2D eigenvalue weighted by molar-refractivity contribution is -0.143. The molecule has 0 aliphatic carbocycles. The molecule has 4 rings (SSSR count). The van der Waals surface area contributed by atoms with E-state index in [9.17, 15) is 9.59 Å². The van der Waals surface area contributed by atoms with Gasteiger partial charge in [0.2, 0.25) is 5.91 Å². The summed E-state index contributed by atoms with van der Waals surface area (Å²) in [6.45, 7) is 6.19. The molecule has 4 aromatic rings. The van der Waals surface area contributed by atoms with Crippen LogP contribution in [0.3, 0.4) is 0 Å². The molecule has 3 aromatic carbocycles. The molecule has 1 aromatic heterocycles. The number of thiazole rings is 1. The fourth-order valence-corrected chi connectivity index (χ4v) is 5.15. The molecule has 6 heteroatoms. The fraction of sp³-hybridized carbons (Fsp3) is 0.250. The summed E-state index contributed by atoms with van der Waals surface area (Å²) in [5.74, 6) is -0.674. The van der Waals surface area contributed by atoms with Crippen LogP contribution < -0.4 is 4.80 Å². The maximum Gasteiger partial charge on any atom is 0.326 e. The molecule has 0 fully saturated rings. The first kappa shape index (κ1) is 23.6. The number of aryl methyl sites for hydroxylation is 2. The van der Waals surface area contributed by atoms with E-state index in [-0.39, 0.29) is 30.8 Å². The molecule has 5 nitrogen and oxygen atoms in total. The van der Waals surface area contributed by atoms with Gasteiger partial charge in [-0.15, -0.1) is 0 Å². The van der Waals surface area contributed by atoms with Gasteiger partial charge in [-0.05, 0) is 55.2 Å². The van der Waals surface area contributed by atoms with Crippen LogP contribution in [0, 0.1) is 13.8 Å². The molecule has 0 bridgehead atoms. The zero-order valence-corrected chi connectivity index (χ0v) is 20.5. The van der Waals surface area contributed by atoms with Crippen molar-refractivity contribution in [2.75, 3.05) is 6.61 Å². The van der Waals surface area contributed by atoms with Gasteiger partial charge in [0.15, 0.2) is 4.80 Å². The average molecular weight is 473 g/mol. The molecule has 174 valence electrons. The number of esters is 1. The molecule has 0 radical (unpaired) electrons. The summed E-state index contributed by atoms with van der Waals surface area (Å²) in [7, 11) is 0. The highest BCUT2D eigenvalue weighted by molar-refractivity contribution is 7.16. The smallest absolute Gasteiger partial charge is 0.326 e. The molecule has 0 N–H and O–H groups in total. The van der Waals surface area contributed by atoms with Crippen LogP contribution in [0.5, 0.6) is 0 Å². The minimum atomic E-state index is -0.347. The molecular weight excluding hydrogens is 444 g/mol. The van der Waals surface area contributed by atoms with E-state index in [1.807, 2.05) is 73.7 Å². The van der Waals surface area contributed by atoms with E-state index in [0.29, 0.717) is 11.4 Å². The summed E-state index contributed by atoms with van der Waals surface area (Å²) >= 11 is 1.42. The van der Waals surface area contributed by atoms with E-state index in [1.165, 1.54) is 11.3 Å². The fourth-order valence-electron chi connectivity index (χ4n) is 4.02. The molecule has 0 saturated carbocycles. The van der Waals surface area contributed by atoms with Crippen LogP contribution in [0.2, 0.25) is 0 Å². The Morgan fingerprint density at radius 2 is 1.53 bits per heavy atom. The van der Waals surface area contributed by atoms with Gasteiger partial charge in [-0.25, -0.2) is 0 Å². The van der Waals surface area contributed by atoms with Gasteiger partial charge in [0.05, 0.1) is 16.8 Å². The van der Waals surface area contributed by atoms with E-state index in [2.05, 4.69) is 18.0 Å². The molecule has 34 heavy (non-hydrogen) atoms. The third kappa shape index (κ3) is 5.34. The maximum absolute atomic E-state index is 13.3. The number of carbonyl (C=O) groups excluding carboxylic acids is 2. The van der Waals surface area contributed by atoms with Crippen molar-refractivity contribution in [2.24, 2.45) is 4.99 Å². The topological polar surface area (TPSA) is 60.7 Å². The molecular formula is C28H28N2O3S. The predicted octanol–water partition coefficient (Wildman–Crippen LogP) is 5.53. The van der Waals surface area contributed by atoms with Crippen LogP contribution in [0.1, 0.15) is 41.5 Å². The van der Waals surface area contributed by atoms with Gasteiger partial charge in [-0.2, -0.15) is 4.99 Å². The van der Waals surface area contributed by atoms with Crippen molar-refractivity contribution in [1.29, 1.82) is 0 Å². The van der Waals surface area contributed by atoms with Crippen LogP contribution in [0.15, 0.2) is 77.8 Å². The zero-order chi connectivity index (χ0) is 24.1. The second-order valence-corrected chi connectivity index (χ2v) is 9.27. The number of hydrogen-bond acceptors (Lipinski definition) is 4. The normalized spacial score (nSPS) is 11.8. The van der Waals surface area contributed by atoms with Crippen molar-refractivity contribution < 1.29 is 14.3 Å². The van der Waals surface area contributed by atoms with E-state index in [4.69, 9.17) is 4.74 Å². The molecule has 1 amide bonds. The number of amides is 1. The second kappa shape index (κ2) is 10.6. The van der Waals surface area contributed by atoms with E-state index in [1.54, 1.807) is 11.5 Å². The Morgan fingerprint density at radius 1 is 0.941 bits per heavy atom. The van der Waals surface area contributed by atoms with Crippen molar-refractivity contribution in [3.05, 3.63) is 99.9 Å².